The van der Waals surface area contributed by atoms with Gasteiger partial charge in [0, 0.05) is 25.2 Å². The van der Waals surface area contributed by atoms with Crippen molar-refractivity contribution >= 4 is 0 Å². The summed E-state index contributed by atoms with van der Waals surface area (Å²) in [6.07, 6.45) is -2.73. The van der Waals surface area contributed by atoms with Crippen molar-refractivity contribution in [1.82, 2.24) is 10.2 Å². The topological polar surface area (TPSA) is 15.3 Å². The first-order chi connectivity index (χ1) is 8.22. The Balaban J connectivity index is 2.57. The van der Waals surface area contributed by atoms with Crippen LogP contribution in [0.4, 0.5) is 17.6 Å². The molecular formula is C12H22F4N2. The number of alkyl halides is 4. The summed E-state index contributed by atoms with van der Waals surface area (Å²) in [5.41, 5.74) is 0. The third-order valence-corrected chi connectivity index (χ3v) is 3.27. The average molecular weight is 270 g/mol. The Labute approximate surface area is 106 Å². The lowest BCUT2D eigenvalue weighted by Crippen LogP contribution is -2.58. The fourth-order valence-corrected chi connectivity index (χ4v) is 2.28. The van der Waals surface area contributed by atoms with E-state index < -0.39 is 18.9 Å². The molecule has 1 fully saturated rings. The highest BCUT2D eigenvalue weighted by molar-refractivity contribution is 4.87. The van der Waals surface area contributed by atoms with Gasteiger partial charge in [-0.3, -0.25) is 4.90 Å². The van der Waals surface area contributed by atoms with Crippen molar-refractivity contribution in [2.24, 2.45) is 5.92 Å². The van der Waals surface area contributed by atoms with E-state index in [0.29, 0.717) is 19.0 Å². The molecule has 0 aliphatic carbocycles. The second-order valence-electron chi connectivity index (χ2n) is 5.57. The smallest absolute Gasteiger partial charge is 0.311 e. The van der Waals surface area contributed by atoms with Crippen LogP contribution in [0.3, 0.4) is 0 Å². The van der Waals surface area contributed by atoms with Gasteiger partial charge in [-0.05, 0) is 19.3 Å². The number of hydrogen-bond donors (Lipinski definition) is 1. The first-order valence-corrected chi connectivity index (χ1v) is 6.35. The Morgan fingerprint density at radius 3 is 2.44 bits per heavy atom. The van der Waals surface area contributed by atoms with Gasteiger partial charge in [0.25, 0.3) is 0 Å². The molecule has 0 aromatic heterocycles. The van der Waals surface area contributed by atoms with Gasteiger partial charge in [-0.1, -0.05) is 13.8 Å². The molecule has 0 aromatic carbocycles. The normalized spacial score (nSPS) is 27.2. The molecule has 0 radical (unpaired) electrons. The van der Waals surface area contributed by atoms with Crippen LogP contribution in [-0.4, -0.2) is 49.0 Å². The molecule has 0 bridgehead atoms. The first-order valence-electron chi connectivity index (χ1n) is 6.35. The van der Waals surface area contributed by atoms with Gasteiger partial charge in [0.1, 0.15) is 0 Å². The standard InChI is InChI=1S/C12H22F4N2/c1-8(2)4-10-6-18(9(3)5-17-10)7-12(15,16)11(13)14/h8-11,17H,4-7H2,1-3H3. The van der Waals surface area contributed by atoms with Crippen LogP contribution in [0.5, 0.6) is 0 Å². The molecule has 1 rings (SSSR count). The lowest BCUT2D eigenvalue weighted by molar-refractivity contribution is -0.148. The number of halogens is 4. The van der Waals surface area contributed by atoms with Gasteiger partial charge in [-0.2, -0.15) is 8.78 Å². The van der Waals surface area contributed by atoms with Crippen molar-refractivity contribution in [3.05, 3.63) is 0 Å². The summed E-state index contributed by atoms with van der Waals surface area (Å²) in [6, 6.07) is -0.0345. The Bertz CT molecular complexity index is 258. The minimum Gasteiger partial charge on any atom is -0.311 e. The molecule has 1 aliphatic rings. The van der Waals surface area contributed by atoms with E-state index >= 15 is 0 Å². The van der Waals surface area contributed by atoms with E-state index in [1.54, 1.807) is 6.92 Å². The zero-order valence-electron chi connectivity index (χ0n) is 11.1. The molecule has 0 saturated carbocycles. The van der Waals surface area contributed by atoms with Crippen LogP contribution < -0.4 is 5.32 Å². The van der Waals surface area contributed by atoms with Crippen molar-refractivity contribution in [2.75, 3.05) is 19.6 Å². The van der Waals surface area contributed by atoms with Crippen LogP contribution in [0.1, 0.15) is 27.2 Å². The third-order valence-electron chi connectivity index (χ3n) is 3.27. The van der Waals surface area contributed by atoms with Gasteiger partial charge in [0.05, 0.1) is 6.54 Å². The predicted molar refractivity (Wildman–Crippen MR) is 63.2 cm³/mol. The quantitative estimate of drug-likeness (QED) is 0.773. The molecule has 18 heavy (non-hydrogen) atoms. The number of rotatable bonds is 5. The average Bonchev–Trinajstić information content (AvgIpc) is 2.21. The van der Waals surface area contributed by atoms with Crippen LogP contribution in [-0.2, 0) is 0 Å². The first kappa shape index (κ1) is 15.7. The van der Waals surface area contributed by atoms with E-state index in [0.717, 1.165) is 6.42 Å². The Kier molecular flexibility index (Phi) is 5.40. The molecule has 2 unspecified atom stereocenters. The highest BCUT2D eigenvalue weighted by Crippen LogP contribution is 2.26. The molecule has 0 aromatic rings. The molecule has 1 heterocycles. The van der Waals surface area contributed by atoms with E-state index in [4.69, 9.17) is 0 Å². The fourth-order valence-electron chi connectivity index (χ4n) is 2.28. The zero-order valence-corrected chi connectivity index (χ0v) is 11.1. The van der Waals surface area contributed by atoms with Crippen LogP contribution in [0.15, 0.2) is 0 Å². The minimum atomic E-state index is -3.92. The zero-order chi connectivity index (χ0) is 13.9. The highest BCUT2D eigenvalue weighted by atomic mass is 19.3. The summed E-state index contributed by atoms with van der Waals surface area (Å²) in [5, 5.41) is 3.27. The second-order valence-corrected chi connectivity index (χ2v) is 5.57. The Morgan fingerprint density at radius 2 is 1.94 bits per heavy atom. The van der Waals surface area contributed by atoms with Gasteiger partial charge < -0.3 is 5.32 Å². The maximum atomic E-state index is 13.1. The van der Waals surface area contributed by atoms with Gasteiger partial charge in [-0.15, -0.1) is 0 Å². The molecule has 1 aliphatic heterocycles. The van der Waals surface area contributed by atoms with Crippen molar-refractivity contribution in [3.63, 3.8) is 0 Å². The molecular weight excluding hydrogens is 248 g/mol. The van der Waals surface area contributed by atoms with Crippen LogP contribution in [0.25, 0.3) is 0 Å². The van der Waals surface area contributed by atoms with Gasteiger partial charge in [0.15, 0.2) is 0 Å². The van der Waals surface area contributed by atoms with Crippen LogP contribution in [0.2, 0.25) is 0 Å². The highest BCUT2D eigenvalue weighted by Gasteiger charge is 2.44. The number of nitrogens with zero attached hydrogens (tertiary/aromatic N) is 1. The summed E-state index contributed by atoms with van der Waals surface area (Å²) in [6.45, 7) is 6.00. The molecule has 1 saturated heterocycles. The second kappa shape index (κ2) is 6.19. The Hall–Kier alpha value is -0.360. The number of hydrogen-bond acceptors (Lipinski definition) is 2. The lowest BCUT2D eigenvalue weighted by atomic mass is 10.00. The van der Waals surface area contributed by atoms with E-state index in [1.165, 1.54) is 4.90 Å². The van der Waals surface area contributed by atoms with Crippen LogP contribution in [0, 0.1) is 5.92 Å². The number of nitrogens with one attached hydrogen (secondary N) is 1. The van der Waals surface area contributed by atoms with Gasteiger partial charge >= 0.3 is 12.3 Å². The SMILES string of the molecule is CC(C)CC1CN(CC(F)(F)C(F)F)C(C)CN1. The summed E-state index contributed by atoms with van der Waals surface area (Å²) in [4.78, 5) is 1.47. The maximum Gasteiger partial charge on any atom is 0.319 e. The van der Waals surface area contributed by atoms with E-state index in [1.807, 2.05) is 0 Å². The van der Waals surface area contributed by atoms with E-state index in [2.05, 4.69) is 19.2 Å². The van der Waals surface area contributed by atoms with Crippen LogP contribution >= 0.6 is 0 Å². The predicted octanol–water partition coefficient (Wildman–Crippen LogP) is 2.60. The molecule has 0 amide bonds. The molecule has 6 heteroatoms. The summed E-state index contributed by atoms with van der Waals surface area (Å²) in [7, 11) is 0. The van der Waals surface area contributed by atoms with Crippen molar-refractivity contribution in [1.29, 1.82) is 0 Å². The molecule has 0 spiro atoms. The van der Waals surface area contributed by atoms with Gasteiger partial charge in [0.2, 0.25) is 0 Å². The van der Waals surface area contributed by atoms with Crippen molar-refractivity contribution in [2.45, 2.75) is 51.6 Å². The Morgan fingerprint density at radius 1 is 1.33 bits per heavy atom. The van der Waals surface area contributed by atoms with E-state index in [-0.39, 0.29) is 12.1 Å². The lowest BCUT2D eigenvalue weighted by Gasteiger charge is -2.40. The number of piperazine rings is 1. The van der Waals surface area contributed by atoms with Gasteiger partial charge in [-0.25, -0.2) is 8.78 Å². The molecule has 2 nitrogen and oxygen atoms in total. The summed E-state index contributed by atoms with van der Waals surface area (Å²) >= 11 is 0. The third kappa shape index (κ3) is 4.39. The minimum absolute atomic E-state index is 0.106. The van der Waals surface area contributed by atoms with Crippen molar-refractivity contribution in [3.8, 4) is 0 Å². The maximum absolute atomic E-state index is 13.1. The molecule has 2 atom stereocenters. The summed E-state index contributed by atoms with van der Waals surface area (Å²) < 4.78 is 50.6. The largest absolute Gasteiger partial charge is 0.319 e. The van der Waals surface area contributed by atoms with E-state index in [9.17, 15) is 17.6 Å². The molecule has 108 valence electrons. The molecule has 1 N–H and O–H groups in total. The monoisotopic (exact) mass is 270 g/mol. The fraction of sp³-hybridized carbons (Fsp3) is 1.00. The summed E-state index contributed by atoms with van der Waals surface area (Å²) in [5.74, 6) is -3.47. The van der Waals surface area contributed by atoms with Crippen molar-refractivity contribution < 1.29 is 17.6 Å².